The smallest absolute Gasteiger partial charge is 0.240 e. The lowest BCUT2D eigenvalue weighted by Gasteiger charge is -2.13. The molecule has 0 aliphatic carbocycles. The number of hydrogen-bond acceptors (Lipinski definition) is 4. The first-order valence-electron chi connectivity index (χ1n) is 10.4. The van der Waals surface area contributed by atoms with Crippen molar-refractivity contribution in [3.63, 3.8) is 0 Å². The number of guanidine groups is 1. The monoisotopic (exact) mass is 448 g/mol. The Labute approximate surface area is 183 Å². The lowest BCUT2D eigenvalue weighted by molar-refractivity contribution is 0.114. The molecular weight excluding hydrogens is 419 g/mol. The van der Waals surface area contributed by atoms with Gasteiger partial charge in [0.05, 0.1) is 11.0 Å². The third-order valence-electron chi connectivity index (χ3n) is 5.09. The predicted octanol–water partition coefficient (Wildman–Crippen LogP) is 2.19. The van der Waals surface area contributed by atoms with Crippen molar-refractivity contribution in [2.75, 3.05) is 26.7 Å². The van der Waals surface area contributed by atoms with Gasteiger partial charge in [0.25, 0.3) is 0 Å². The van der Waals surface area contributed by atoms with Gasteiger partial charge in [0.1, 0.15) is 5.82 Å². The summed E-state index contributed by atoms with van der Waals surface area (Å²) in [6.07, 6.45) is 2.34. The Morgan fingerprint density at radius 3 is 2.61 bits per heavy atom. The number of nitrogens with zero attached hydrogens (tertiary/aromatic N) is 1. The number of ether oxygens (including phenoxy) is 1. The van der Waals surface area contributed by atoms with Crippen molar-refractivity contribution >= 4 is 16.0 Å². The van der Waals surface area contributed by atoms with Crippen LogP contribution >= 0.6 is 0 Å². The number of rotatable bonds is 9. The largest absolute Gasteiger partial charge is 0.377 e. The van der Waals surface area contributed by atoms with Crippen molar-refractivity contribution in [1.82, 2.24) is 15.4 Å². The van der Waals surface area contributed by atoms with E-state index in [0.717, 1.165) is 18.4 Å². The van der Waals surface area contributed by atoms with E-state index in [1.165, 1.54) is 6.07 Å². The minimum Gasteiger partial charge on any atom is -0.377 e. The molecule has 1 unspecified atom stereocenters. The molecule has 2 aromatic carbocycles. The molecule has 0 spiro atoms. The predicted molar refractivity (Wildman–Crippen MR) is 119 cm³/mol. The van der Waals surface area contributed by atoms with Crippen molar-refractivity contribution in [2.45, 2.75) is 36.8 Å². The fourth-order valence-corrected chi connectivity index (χ4v) is 4.37. The molecule has 168 valence electrons. The van der Waals surface area contributed by atoms with Crippen LogP contribution in [0.25, 0.3) is 0 Å². The Bertz CT molecular complexity index is 975. The van der Waals surface area contributed by atoms with Crippen LogP contribution in [-0.2, 0) is 27.7 Å². The fraction of sp³-hybridized carbons (Fsp3) is 0.409. The van der Waals surface area contributed by atoms with Gasteiger partial charge in [0.15, 0.2) is 5.96 Å². The summed E-state index contributed by atoms with van der Waals surface area (Å²) in [5.74, 6) is 0.374. The maximum Gasteiger partial charge on any atom is 0.240 e. The molecule has 0 amide bonds. The summed E-state index contributed by atoms with van der Waals surface area (Å²) in [4.78, 5) is 4.38. The topological polar surface area (TPSA) is 91.8 Å². The van der Waals surface area contributed by atoms with Gasteiger partial charge in [-0.1, -0.05) is 30.3 Å². The Hall–Kier alpha value is -2.49. The van der Waals surface area contributed by atoms with Crippen LogP contribution in [0.1, 0.15) is 24.0 Å². The summed E-state index contributed by atoms with van der Waals surface area (Å²) in [5, 5.41) is 6.32. The van der Waals surface area contributed by atoms with Gasteiger partial charge in [-0.05, 0) is 48.6 Å². The van der Waals surface area contributed by atoms with Gasteiger partial charge in [-0.25, -0.2) is 17.5 Å². The molecule has 1 aliphatic rings. The van der Waals surface area contributed by atoms with Gasteiger partial charge in [-0.3, -0.25) is 4.99 Å². The number of hydrogen-bond donors (Lipinski definition) is 3. The van der Waals surface area contributed by atoms with Gasteiger partial charge < -0.3 is 15.4 Å². The standard InChI is InChI=1S/C22H29FN4O3S/c1-24-22(25-13-12-18-5-2-3-7-21(18)23)26-15-17-8-10-20(11-9-17)31(28,29)27-16-19-6-4-14-30-19/h2-3,5,7-11,19,27H,4,6,12-16H2,1H3,(H2,24,25,26). The summed E-state index contributed by atoms with van der Waals surface area (Å²) in [7, 11) is -1.90. The number of halogens is 1. The minimum absolute atomic E-state index is 0.0455. The Morgan fingerprint density at radius 2 is 1.94 bits per heavy atom. The molecule has 0 saturated carbocycles. The molecule has 0 bridgehead atoms. The summed E-state index contributed by atoms with van der Waals surface area (Å²) in [6, 6.07) is 13.4. The SMILES string of the molecule is CN=C(NCCc1ccccc1F)NCc1ccc(S(=O)(=O)NCC2CCCO2)cc1. The second-order valence-electron chi connectivity index (χ2n) is 7.32. The third-order valence-corrected chi connectivity index (χ3v) is 6.53. The molecule has 1 atom stereocenters. The van der Waals surface area contributed by atoms with Gasteiger partial charge in [0, 0.05) is 33.3 Å². The summed E-state index contributed by atoms with van der Waals surface area (Å²) in [5.41, 5.74) is 1.56. The van der Waals surface area contributed by atoms with Crippen molar-refractivity contribution < 1.29 is 17.5 Å². The lowest BCUT2D eigenvalue weighted by atomic mass is 10.1. The zero-order valence-electron chi connectivity index (χ0n) is 17.6. The maximum atomic E-state index is 13.7. The molecule has 1 heterocycles. The van der Waals surface area contributed by atoms with E-state index in [0.29, 0.717) is 44.2 Å². The molecule has 7 nitrogen and oxygen atoms in total. The highest BCUT2D eigenvalue weighted by molar-refractivity contribution is 7.89. The van der Waals surface area contributed by atoms with Crippen LogP contribution in [-0.4, -0.2) is 47.2 Å². The average Bonchev–Trinajstić information content (AvgIpc) is 3.30. The Morgan fingerprint density at radius 1 is 1.16 bits per heavy atom. The van der Waals surface area contributed by atoms with E-state index in [9.17, 15) is 12.8 Å². The van der Waals surface area contributed by atoms with Crippen molar-refractivity contribution in [2.24, 2.45) is 4.99 Å². The van der Waals surface area contributed by atoms with E-state index in [-0.39, 0.29) is 16.8 Å². The van der Waals surface area contributed by atoms with E-state index < -0.39 is 10.0 Å². The van der Waals surface area contributed by atoms with Crippen LogP contribution in [0.15, 0.2) is 58.4 Å². The van der Waals surface area contributed by atoms with Crippen LogP contribution in [0.3, 0.4) is 0 Å². The van der Waals surface area contributed by atoms with Gasteiger partial charge in [-0.15, -0.1) is 0 Å². The number of aliphatic imine (C=N–C) groups is 1. The normalized spacial score (nSPS) is 17.0. The zero-order chi connectivity index (χ0) is 22.1. The number of benzene rings is 2. The van der Waals surface area contributed by atoms with Crippen molar-refractivity contribution in [1.29, 1.82) is 0 Å². The van der Waals surface area contributed by atoms with E-state index in [2.05, 4.69) is 20.3 Å². The van der Waals surface area contributed by atoms with Crippen LogP contribution in [0.5, 0.6) is 0 Å². The molecule has 3 rings (SSSR count). The highest BCUT2D eigenvalue weighted by atomic mass is 32.2. The van der Waals surface area contributed by atoms with Crippen LogP contribution in [0.2, 0.25) is 0 Å². The molecule has 9 heteroatoms. The maximum absolute atomic E-state index is 13.7. The van der Waals surface area contributed by atoms with Crippen LogP contribution in [0.4, 0.5) is 4.39 Å². The minimum atomic E-state index is -3.56. The second-order valence-corrected chi connectivity index (χ2v) is 9.09. The lowest BCUT2D eigenvalue weighted by Crippen LogP contribution is -2.37. The fourth-order valence-electron chi connectivity index (χ4n) is 3.30. The van der Waals surface area contributed by atoms with Gasteiger partial charge in [-0.2, -0.15) is 0 Å². The first-order chi connectivity index (χ1) is 15.0. The Kier molecular flexibility index (Phi) is 8.39. The second kappa shape index (κ2) is 11.2. The molecule has 2 aromatic rings. The first-order valence-corrected chi connectivity index (χ1v) is 11.8. The van der Waals surface area contributed by atoms with Crippen molar-refractivity contribution in [3.05, 3.63) is 65.5 Å². The molecule has 0 aromatic heterocycles. The molecule has 31 heavy (non-hydrogen) atoms. The molecule has 1 aliphatic heterocycles. The average molecular weight is 449 g/mol. The van der Waals surface area contributed by atoms with E-state index in [1.54, 1.807) is 43.4 Å². The van der Waals surface area contributed by atoms with Crippen LogP contribution in [0, 0.1) is 5.82 Å². The molecule has 1 fully saturated rings. The number of sulfonamides is 1. The Balaban J connectivity index is 1.45. The quantitative estimate of drug-likeness (QED) is 0.404. The van der Waals surface area contributed by atoms with Gasteiger partial charge >= 0.3 is 0 Å². The summed E-state index contributed by atoms with van der Waals surface area (Å²) in [6.45, 7) is 1.99. The number of nitrogens with one attached hydrogen (secondary N) is 3. The third kappa shape index (κ3) is 7.02. The van der Waals surface area contributed by atoms with Gasteiger partial charge in [0.2, 0.25) is 10.0 Å². The first kappa shape index (κ1) is 23.2. The molecular formula is C22H29FN4O3S. The molecule has 3 N–H and O–H groups in total. The van der Waals surface area contributed by atoms with Crippen molar-refractivity contribution in [3.8, 4) is 0 Å². The summed E-state index contributed by atoms with van der Waals surface area (Å²) < 4.78 is 46.6. The highest BCUT2D eigenvalue weighted by Crippen LogP contribution is 2.14. The van der Waals surface area contributed by atoms with E-state index in [1.807, 2.05) is 6.07 Å². The molecule has 0 radical (unpaired) electrons. The summed E-state index contributed by atoms with van der Waals surface area (Å²) >= 11 is 0. The van der Waals surface area contributed by atoms with E-state index >= 15 is 0 Å². The molecule has 1 saturated heterocycles. The highest BCUT2D eigenvalue weighted by Gasteiger charge is 2.20. The zero-order valence-corrected chi connectivity index (χ0v) is 18.4. The van der Waals surface area contributed by atoms with E-state index in [4.69, 9.17) is 4.74 Å². The van der Waals surface area contributed by atoms with Crippen LogP contribution < -0.4 is 15.4 Å².